The second-order valence-electron chi connectivity index (χ2n) is 1.78. The molecule has 0 spiro atoms. The van der Waals surface area contributed by atoms with Crippen molar-refractivity contribution in [3.63, 3.8) is 0 Å². The molecule has 0 amide bonds. The Hall–Kier alpha value is -0.00662. The van der Waals surface area contributed by atoms with Crippen molar-refractivity contribution in [2.75, 3.05) is 0 Å². The predicted molar refractivity (Wildman–Crippen MR) is 31.8 cm³/mol. The molecule has 0 aliphatic heterocycles. The zero-order chi connectivity index (χ0) is 6.85. The Kier molecular flexibility index (Phi) is 6.93. The van der Waals surface area contributed by atoms with Gasteiger partial charge in [0, 0.05) is 19.5 Å². The Morgan fingerprint density at radius 1 is 1.09 bits per heavy atom. The molecular formula is C7H5ClF2Zn-. The van der Waals surface area contributed by atoms with E-state index in [9.17, 15) is 8.78 Å². The van der Waals surface area contributed by atoms with Crippen molar-refractivity contribution in [2.45, 2.75) is 0 Å². The fourth-order valence-electron chi connectivity index (χ4n) is 0.611. The topological polar surface area (TPSA) is 0 Å². The fourth-order valence-corrected chi connectivity index (χ4v) is 0.611. The standard InChI is InChI=1S/C7H5F2.ClH.Zn/c1-5-2-6(8)4-7(9)3-5;;/h2-4H,1H2;1H;/p-1. The summed E-state index contributed by atoms with van der Waals surface area (Å²) in [5.74, 6) is -1.17. The molecule has 1 aliphatic rings. The molecule has 0 aromatic carbocycles. The average Bonchev–Trinajstić information content (AvgIpc) is 1.59. The first-order valence-electron chi connectivity index (χ1n) is 2.46. The molecule has 0 bridgehead atoms. The molecule has 1 rings (SSSR count). The molecule has 1 aliphatic carbocycles. The van der Waals surface area contributed by atoms with Gasteiger partial charge in [0.05, 0.1) is 6.42 Å². The van der Waals surface area contributed by atoms with Gasteiger partial charge in [-0.3, -0.25) is 0 Å². The van der Waals surface area contributed by atoms with Gasteiger partial charge in [0.2, 0.25) is 0 Å². The number of rotatable bonds is 0. The van der Waals surface area contributed by atoms with Gasteiger partial charge < -0.3 is 12.4 Å². The Bertz CT molecular complexity index is 188. The molecule has 57 valence electrons. The molecule has 0 aromatic heterocycles. The van der Waals surface area contributed by atoms with Crippen LogP contribution >= 0.6 is 0 Å². The average molecular weight is 228 g/mol. The number of allylic oxidation sites excluding steroid dienone is 5. The van der Waals surface area contributed by atoms with E-state index in [2.05, 4.69) is 6.58 Å². The van der Waals surface area contributed by atoms with E-state index in [0.29, 0.717) is 5.57 Å². The molecule has 0 saturated heterocycles. The van der Waals surface area contributed by atoms with Gasteiger partial charge in [0.1, 0.15) is 11.7 Å². The quantitative estimate of drug-likeness (QED) is 0.489. The molecule has 0 fully saturated rings. The van der Waals surface area contributed by atoms with Crippen LogP contribution < -0.4 is 12.4 Å². The minimum atomic E-state index is -0.583. The number of hydrogen-bond acceptors (Lipinski definition) is 0. The maximum absolute atomic E-state index is 12.1. The van der Waals surface area contributed by atoms with Gasteiger partial charge in [-0.25, -0.2) is 8.78 Å². The van der Waals surface area contributed by atoms with E-state index in [1.54, 1.807) is 0 Å². The van der Waals surface area contributed by atoms with Crippen LogP contribution in [0.5, 0.6) is 0 Å². The minimum Gasteiger partial charge on any atom is -1.00 e. The van der Waals surface area contributed by atoms with Crippen LogP contribution in [-0.4, -0.2) is 0 Å². The van der Waals surface area contributed by atoms with Gasteiger partial charge in [-0.15, -0.1) is 0 Å². The molecule has 11 heavy (non-hydrogen) atoms. The van der Waals surface area contributed by atoms with E-state index >= 15 is 0 Å². The summed E-state index contributed by atoms with van der Waals surface area (Å²) >= 11 is 0. The van der Waals surface area contributed by atoms with Gasteiger partial charge in [-0.2, -0.15) is 0 Å². The molecule has 4 heteroatoms. The van der Waals surface area contributed by atoms with Crippen molar-refractivity contribution in [1.29, 1.82) is 0 Å². The summed E-state index contributed by atoms with van der Waals surface area (Å²) in [6.07, 6.45) is 3.15. The third-order valence-corrected chi connectivity index (χ3v) is 0.922. The molecule has 0 nitrogen and oxygen atoms in total. The van der Waals surface area contributed by atoms with E-state index in [0.717, 1.165) is 6.42 Å². The van der Waals surface area contributed by atoms with Crippen molar-refractivity contribution in [3.8, 4) is 0 Å². The third kappa shape index (κ3) is 4.44. The summed E-state index contributed by atoms with van der Waals surface area (Å²) in [7, 11) is 0. The summed E-state index contributed by atoms with van der Waals surface area (Å²) in [5, 5.41) is 0. The van der Waals surface area contributed by atoms with Gasteiger partial charge in [0.25, 0.3) is 0 Å². The third-order valence-electron chi connectivity index (χ3n) is 0.922. The number of halogens is 3. The number of hydrogen-bond donors (Lipinski definition) is 0. The van der Waals surface area contributed by atoms with Crippen LogP contribution in [0, 0.1) is 6.42 Å². The zero-order valence-corrected chi connectivity index (χ0v) is 9.50. The zero-order valence-electron chi connectivity index (χ0n) is 5.78. The Balaban J connectivity index is 0. The van der Waals surface area contributed by atoms with E-state index in [4.69, 9.17) is 0 Å². The van der Waals surface area contributed by atoms with Gasteiger partial charge in [0.15, 0.2) is 0 Å². The molecule has 0 aromatic rings. The summed E-state index contributed by atoms with van der Waals surface area (Å²) in [4.78, 5) is 0. The second-order valence-corrected chi connectivity index (χ2v) is 1.78. The minimum absolute atomic E-state index is 0. The van der Waals surface area contributed by atoms with E-state index < -0.39 is 11.7 Å². The second kappa shape index (κ2) is 5.62. The first kappa shape index (κ1) is 13.6. The molecule has 0 saturated carbocycles. The van der Waals surface area contributed by atoms with Gasteiger partial charge >= 0.3 is 0 Å². The molecule has 0 heterocycles. The summed E-state index contributed by atoms with van der Waals surface area (Å²) in [6.45, 7) is 3.36. The first-order valence-corrected chi connectivity index (χ1v) is 2.46. The molecule has 0 N–H and O–H groups in total. The first-order chi connectivity index (χ1) is 4.18. The maximum Gasteiger partial charge on any atom is 0.111 e. The molecule has 1 radical (unpaired) electrons. The van der Waals surface area contributed by atoms with Crippen LogP contribution in [-0.2, 0) is 19.5 Å². The van der Waals surface area contributed by atoms with E-state index in [-0.39, 0.29) is 31.9 Å². The van der Waals surface area contributed by atoms with E-state index in [1.165, 1.54) is 12.2 Å². The molecule has 0 atom stereocenters. The van der Waals surface area contributed by atoms with Crippen LogP contribution in [0.4, 0.5) is 8.78 Å². The van der Waals surface area contributed by atoms with Gasteiger partial charge in [-0.05, 0) is 17.7 Å². The summed E-state index contributed by atoms with van der Waals surface area (Å²) < 4.78 is 24.3. The fraction of sp³-hybridized carbons (Fsp3) is 0. The van der Waals surface area contributed by atoms with Crippen molar-refractivity contribution >= 4 is 0 Å². The summed E-state index contributed by atoms with van der Waals surface area (Å²) in [5.41, 5.74) is 0.354. The maximum atomic E-state index is 12.1. The summed E-state index contributed by atoms with van der Waals surface area (Å²) in [6, 6.07) is 0. The predicted octanol–water partition coefficient (Wildman–Crippen LogP) is -0.531. The Morgan fingerprint density at radius 3 is 1.73 bits per heavy atom. The molecule has 0 unspecified atom stereocenters. The van der Waals surface area contributed by atoms with Gasteiger partial charge in [-0.1, -0.05) is 6.58 Å². The van der Waals surface area contributed by atoms with Crippen molar-refractivity contribution < 1.29 is 40.7 Å². The van der Waals surface area contributed by atoms with Crippen molar-refractivity contribution in [3.05, 3.63) is 42.4 Å². The van der Waals surface area contributed by atoms with Crippen LogP contribution in [0.25, 0.3) is 0 Å². The van der Waals surface area contributed by atoms with Crippen LogP contribution in [0.1, 0.15) is 0 Å². The Labute approximate surface area is 83.2 Å². The molecular weight excluding hydrogens is 223 g/mol. The SMILES string of the molecule is C=C1C=C(F)[CH]C(F)=C1.[Cl-].[Zn]. The van der Waals surface area contributed by atoms with Crippen molar-refractivity contribution in [1.82, 2.24) is 0 Å². The van der Waals surface area contributed by atoms with E-state index in [1.807, 2.05) is 0 Å². The Morgan fingerprint density at radius 2 is 1.45 bits per heavy atom. The van der Waals surface area contributed by atoms with Crippen LogP contribution in [0.15, 0.2) is 36.0 Å². The largest absolute Gasteiger partial charge is 1.00 e. The van der Waals surface area contributed by atoms with Crippen LogP contribution in [0.2, 0.25) is 0 Å². The van der Waals surface area contributed by atoms with Crippen LogP contribution in [0.3, 0.4) is 0 Å². The van der Waals surface area contributed by atoms with Crippen molar-refractivity contribution in [2.24, 2.45) is 0 Å². The monoisotopic (exact) mass is 226 g/mol. The normalized spacial score (nSPS) is 15.6. The smallest absolute Gasteiger partial charge is 0.111 e.